The van der Waals surface area contributed by atoms with Crippen molar-refractivity contribution in [2.24, 2.45) is 0 Å². The molecule has 0 N–H and O–H groups in total. The van der Waals surface area contributed by atoms with Crippen LogP contribution in [0.2, 0.25) is 0 Å². The SMILES string of the molecule is COCOc1cc(-c2ccnn2C2CCCCO2)c(F)cc1B1OC(C)(C)C(C)(C)O1. The number of ether oxygens (including phenoxy) is 3. The number of nitrogens with zero attached hydrogens (tertiary/aromatic N) is 2. The molecule has 0 radical (unpaired) electrons. The molecule has 1 atom stereocenters. The van der Waals surface area contributed by atoms with Crippen LogP contribution in [-0.2, 0) is 18.8 Å². The van der Waals surface area contributed by atoms with Crippen LogP contribution in [0.15, 0.2) is 24.4 Å². The highest BCUT2D eigenvalue weighted by molar-refractivity contribution is 6.63. The Labute approximate surface area is 182 Å². The zero-order chi connectivity index (χ0) is 22.2. The van der Waals surface area contributed by atoms with Gasteiger partial charge in [0, 0.05) is 30.9 Å². The summed E-state index contributed by atoms with van der Waals surface area (Å²) in [5.74, 6) is 0.0288. The molecule has 1 aromatic carbocycles. The fraction of sp³-hybridized carbons (Fsp3) is 0.591. The van der Waals surface area contributed by atoms with Gasteiger partial charge in [0.25, 0.3) is 0 Å². The van der Waals surface area contributed by atoms with Crippen molar-refractivity contribution in [1.82, 2.24) is 9.78 Å². The third-order valence-corrected chi connectivity index (χ3v) is 6.31. The summed E-state index contributed by atoms with van der Waals surface area (Å²) in [6, 6.07) is 4.86. The molecule has 1 unspecified atom stereocenters. The second-order valence-corrected chi connectivity index (χ2v) is 8.99. The summed E-state index contributed by atoms with van der Waals surface area (Å²) in [7, 11) is 0.779. The molecular weight excluding hydrogens is 402 g/mol. The second kappa shape index (κ2) is 8.54. The van der Waals surface area contributed by atoms with Gasteiger partial charge in [-0.15, -0.1) is 0 Å². The average molecular weight is 432 g/mol. The van der Waals surface area contributed by atoms with E-state index in [-0.39, 0.29) is 13.0 Å². The molecule has 168 valence electrons. The number of halogens is 1. The highest BCUT2D eigenvalue weighted by atomic mass is 19.1. The number of aromatic nitrogens is 2. The maximum absolute atomic E-state index is 15.4. The quantitative estimate of drug-likeness (QED) is 0.513. The second-order valence-electron chi connectivity index (χ2n) is 8.99. The van der Waals surface area contributed by atoms with E-state index in [4.69, 9.17) is 23.5 Å². The van der Waals surface area contributed by atoms with E-state index in [1.165, 1.54) is 13.2 Å². The number of rotatable bonds is 6. The number of benzene rings is 1. The van der Waals surface area contributed by atoms with E-state index in [1.54, 1.807) is 23.0 Å². The molecule has 0 saturated carbocycles. The standard InChI is InChI=1S/C22H30BFN2O5/c1-21(2)22(3,4)31-23(30-21)16-13-17(24)15(12-19(16)29-14-27-5)18-9-10-25-26(18)20-8-6-7-11-28-20/h9-10,12-13,20H,6-8,11,14H2,1-5H3. The Bertz CT molecular complexity index is 911. The first kappa shape index (κ1) is 22.3. The molecule has 2 fully saturated rings. The predicted octanol–water partition coefficient (Wildman–Crippen LogP) is 3.67. The summed E-state index contributed by atoms with van der Waals surface area (Å²) >= 11 is 0. The van der Waals surface area contributed by atoms with Crippen molar-refractivity contribution in [2.45, 2.75) is 64.4 Å². The summed E-state index contributed by atoms with van der Waals surface area (Å²) in [6.45, 7) is 8.51. The van der Waals surface area contributed by atoms with Gasteiger partial charge in [-0.3, -0.25) is 0 Å². The van der Waals surface area contributed by atoms with E-state index in [2.05, 4.69) is 5.10 Å². The lowest BCUT2D eigenvalue weighted by Crippen LogP contribution is -2.41. The predicted molar refractivity (Wildman–Crippen MR) is 115 cm³/mol. The Kier molecular flexibility index (Phi) is 6.13. The molecule has 9 heteroatoms. The minimum absolute atomic E-state index is 0.0164. The summed E-state index contributed by atoms with van der Waals surface area (Å²) in [6.07, 6.45) is 4.37. The lowest BCUT2D eigenvalue weighted by Gasteiger charge is -2.32. The first-order chi connectivity index (χ1) is 14.7. The fourth-order valence-electron chi connectivity index (χ4n) is 3.84. The average Bonchev–Trinajstić information content (AvgIpc) is 3.29. The van der Waals surface area contributed by atoms with Crippen LogP contribution in [0.25, 0.3) is 11.3 Å². The molecule has 4 rings (SSSR count). The van der Waals surface area contributed by atoms with Crippen LogP contribution >= 0.6 is 0 Å². The Morgan fingerprint density at radius 3 is 2.58 bits per heavy atom. The molecule has 2 aliphatic heterocycles. The largest absolute Gasteiger partial charge is 0.498 e. The lowest BCUT2D eigenvalue weighted by atomic mass is 9.77. The molecule has 31 heavy (non-hydrogen) atoms. The van der Waals surface area contributed by atoms with Crippen molar-refractivity contribution >= 4 is 12.6 Å². The first-order valence-corrected chi connectivity index (χ1v) is 10.7. The van der Waals surface area contributed by atoms with E-state index in [0.717, 1.165) is 19.3 Å². The van der Waals surface area contributed by atoms with E-state index < -0.39 is 24.1 Å². The highest BCUT2D eigenvalue weighted by Gasteiger charge is 2.52. The van der Waals surface area contributed by atoms with Gasteiger partial charge in [0.15, 0.2) is 13.0 Å². The molecular formula is C22H30BFN2O5. The van der Waals surface area contributed by atoms with Crippen molar-refractivity contribution < 1.29 is 27.9 Å². The van der Waals surface area contributed by atoms with Gasteiger partial charge in [-0.2, -0.15) is 5.10 Å². The Morgan fingerprint density at radius 1 is 1.19 bits per heavy atom. The molecule has 7 nitrogen and oxygen atoms in total. The van der Waals surface area contributed by atoms with E-state index in [9.17, 15) is 0 Å². The van der Waals surface area contributed by atoms with E-state index >= 15 is 4.39 Å². The van der Waals surface area contributed by atoms with E-state index in [1.807, 2.05) is 27.7 Å². The van der Waals surface area contributed by atoms with Crippen LogP contribution < -0.4 is 10.2 Å². The normalized spacial score (nSPS) is 22.6. The third kappa shape index (κ3) is 4.24. The molecule has 0 aliphatic carbocycles. The van der Waals surface area contributed by atoms with Crippen LogP contribution in [0.1, 0.15) is 53.2 Å². The van der Waals surface area contributed by atoms with Crippen LogP contribution in [-0.4, -0.2) is 48.6 Å². The molecule has 3 heterocycles. The van der Waals surface area contributed by atoms with Crippen LogP contribution in [0.5, 0.6) is 5.75 Å². The third-order valence-electron chi connectivity index (χ3n) is 6.31. The van der Waals surface area contributed by atoms with Crippen molar-refractivity contribution in [3.05, 3.63) is 30.2 Å². The summed E-state index contributed by atoms with van der Waals surface area (Å²) < 4.78 is 46.2. The minimum atomic E-state index is -0.757. The summed E-state index contributed by atoms with van der Waals surface area (Å²) in [5, 5.41) is 4.40. The van der Waals surface area contributed by atoms with Gasteiger partial charge in [-0.1, -0.05) is 0 Å². The van der Waals surface area contributed by atoms with Gasteiger partial charge in [0.1, 0.15) is 11.6 Å². The van der Waals surface area contributed by atoms with Gasteiger partial charge >= 0.3 is 7.12 Å². The van der Waals surface area contributed by atoms with Crippen LogP contribution in [0, 0.1) is 5.82 Å². The zero-order valence-corrected chi connectivity index (χ0v) is 18.8. The van der Waals surface area contributed by atoms with Gasteiger partial charge in [-0.05, 0) is 65.2 Å². The summed E-state index contributed by atoms with van der Waals surface area (Å²) in [4.78, 5) is 0. The van der Waals surface area contributed by atoms with Crippen molar-refractivity contribution in [1.29, 1.82) is 0 Å². The topological polar surface area (TPSA) is 64.0 Å². The van der Waals surface area contributed by atoms with Gasteiger partial charge in [0.2, 0.25) is 0 Å². The van der Waals surface area contributed by atoms with Crippen LogP contribution in [0.3, 0.4) is 0 Å². The van der Waals surface area contributed by atoms with Gasteiger partial charge < -0.3 is 23.5 Å². The minimum Gasteiger partial charge on any atom is -0.468 e. The number of hydrogen-bond donors (Lipinski definition) is 0. The molecule has 2 aliphatic rings. The Balaban J connectivity index is 1.73. The maximum atomic E-state index is 15.4. The fourth-order valence-corrected chi connectivity index (χ4v) is 3.84. The maximum Gasteiger partial charge on any atom is 0.498 e. The molecule has 1 aromatic heterocycles. The summed E-state index contributed by atoms with van der Waals surface area (Å²) in [5.41, 5.74) is 0.381. The molecule has 2 aromatic rings. The number of hydrogen-bond acceptors (Lipinski definition) is 6. The first-order valence-electron chi connectivity index (χ1n) is 10.7. The zero-order valence-electron chi connectivity index (χ0n) is 18.8. The lowest BCUT2D eigenvalue weighted by molar-refractivity contribution is -0.0384. The monoisotopic (exact) mass is 432 g/mol. The van der Waals surface area contributed by atoms with Crippen molar-refractivity contribution in [3.63, 3.8) is 0 Å². The molecule has 0 amide bonds. The van der Waals surface area contributed by atoms with Crippen molar-refractivity contribution in [2.75, 3.05) is 20.5 Å². The van der Waals surface area contributed by atoms with Crippen molar-refractivity contribution in [3.8, 4) is 17.0 Å². The molecule has 2 saturated heterocycles. The molecule has 0 bridgehead atoms. The van der Waals surface area contributed by atoms with E-state index in [0.29, 0.717) is 29.1 Å². The van der Waals surface area contributed by atoms with Crippen LogP contribution in [0.4, 0.5) is 4.39 Å². The highest BCUT2D eigenvalue weighted by Crippen LogP contribution is 2.38. The Hall–Kier alpha value is -1.94. The smallest absolute Gasteiger partial charge is 0.468 e. The van der Waals surface area contributed by atoms with Gasteiger partial charge in [0.05, 0.1) is 16.9 Å². The Morgan fingerprint density at radius 2 is 1.94 bits per heavy atom. The molecule has 0 spiro atoms. The number of methoxy groups -OCH3 is 1. The van der Waals surface area contributed by atoms with Gasteiger partial charge in [-0.25, -0.2) is 9.07 Å².